The minimum absolute atomic E-state index is 0.0119. The number of aryl methyl sites for hydroxylation is 2. The summed E-state index contributed by atoms with van der Waals surface area (Å²) < 4.78 is 35.9. The Morgan fingerprint density at radius 1 is 1.05 bits per heavy atom. The van der Waals surface area contributed by atoms with E-state index in [4.69, 9.17) is 4.74 Å². The molecule has 8 heteroatoms. The molecule has 7 nitrogen and oxygen atoms in total. The maximum atomic E-state index is 13.4. The Labute approximate surface area is 220 Å². The molecule has 1 unspecified atom stereocenters. The molecule has 5 rings (SSSR count). The minimum Gasteiger partial charge on any atom is -0.473 e. The number of fused-ring (bicyclic) bond motifs is 7. The van der Waals surface area contributed by atoms with Gasteiger partial charge in [0.2, 0.25) is 11.8 Å². The van der Waals surface area contributed by atoms with Gasteiger partial charge in [-0.1, -0.05) is 51.1 Å². The first kappa shape index (κ1) is 25.7. The molecule has 6 bridgehead atoms. The van der Waals surface area contributed by atoms with Crippen molar-refractivity contribution in [2.45, 2.75) is 64.4 Å². The van der Waals surface area contributed by atoms with Crippen LogP contribution in [0.15, 0.2) is 53.4 Å². The number of anilines is 1. The standard InChI is InChI=1S/C29H36N4O3S/c1-19-8-6-9-20(2)27(19)25-16-26-31-28(30-25)32-37(34,35)24-11-7-10-21(15-24)22-12-13-33(18-29(3,4)5)17-23(14-22)36-26/h6-11,15-16,22-23H,12-14,17-18H2,1-5H3,(H,30,31,32)/t22?,23-/m0/s1. The van der Waals surface area contributed by atoms with Crippen LogP contribution in [0, 0.1) is 19.3 Å². The number of rotatable bonds is 2. The van der Waals surface area contributed by atoms with Gasteiger partial charge in [0.05, 0.1) is 10.6 Å². The number of nitrogens with one attached hydrogen (secondary N) is 1. The van der Waals surface area contributed by atoms with Crippen molar-refractivity contribution in [3.05, 3.63) is 65.2 Å². The molecular formula is C29H36N4O3S. The summed E-state index contributed by atoms with van der Waals surface area (Å²) in [6, 6.07) is 15.2. The van der Waals surface area contributed by atoms with Crippen molar-refractivity contribution in [1.82, 2.24) is 14.9 Å². The number of likely N-dealkylation sites (tertiary alicyclic amines) is 1. The van der Waals surface area contributed by atoms with Crippen molar-refractivity contribution in [2.24, 2.45) is 5.41 Å². The molecule has 1 N–H and O–H groups in total. The number of hydrogen-bond donors (Lipinski definition) is 1. The lowest BCUT2D eigenvalue weighted by atomic mass is 9.91. The Morgan fingerprint density at radius 2 is 1.78 bits per heavy atom. The zero-order valence-corrected chi connectivity index (χ0v) is 23.1. The van der Waals surface area contributed by atoms with Crippen molar-refractivity contribution in [2.75, 3.05) is 24.4 Å². The molecule has 2 aromatic carbocycles. The lowest BCUT2D eigenvalue weighted by Gasteiger charge is -2.30. The summed E-state index contributed by atoms with van der Waals surface area (Å²) in [5, 5.41) is 0. The van der Waals surface area contributed by atoms with Gasteiger partial charge in [0, 0.05) is 24.7 Å². The average molecular weight is 521 g/mol. The zero-order valence-electron chi connectivity index (χ0n) is 22.3. The van der Waals surface area contributed by atoms with E-state index in [1.54, 1.807) is 12.1 Å². The van der Waals surface area contributed by atoms with Gasteiger partial charge in [-0.15, -0.1) is 0 Å². The van der Waals surface area contributed by atoms with Gasteiger partial charge in [0.25, 0.3) is 10.0 Å². The molecule has 196 valence electrons. The van der Waals surface area contributed by atoms with Crippen LogP contribution in [0.3, 0.4) is 0 Å². The molecule has 3 heterocycles. The fourth-order valence-corrected chi connectivity index (χ4v) is 6.59. The molecule has 2 atom stereocenters. The van der Waals surface area contributed by atoms with Crippen molar-refractivity contribution >= 4 is 16.0 Å². The Bertz CT molecular complexity index is 1390. The summed E-state index contributed by atoms with van der Waals surface area (Å²) in [7, 11) is -3.88. The van der Waals surface area contributed by atoms with Crippen LogP contribution in [0.5, 0.6) is 5.88 Å². The predicted octanol–water partition coefficient (Wildman–Crippen LogP) is 5.55. The summed E-state index contributed by atoms with van der Waals surface area (Å²) in [6.45, 7) is 13.5. The van der Waals surface area contributed by atoms with Crippen LogP contribution in [0.25, 0.3) is 11.3 Å². The van der Waals surface area contributed by atoms with Crippen molar-refractivity contribution in [3.63, 3.8) is 0 Å². The van der Waals surface area contributed by atoms with Gasteiger partial charge in [-0.05, 0) is 73.4 Å². The molecule has 0 spiro atoms. The molecule has 2 aliphatic heterocycles. The van der Waals surface area contributed by atoms with Crippen LogP contribution in [-0.2, 0) is 10.0 Å². The highest BCUT2D eigenvalue weighted by molar-refractivity contribution is 7.92. The van der Waals surface area contributed by atoms with Crippen LogP contribution in [0.2, 0.25) is 0 Å². The molecule has 0 radical (unpaired) electrons. The number of nitrogens with zero attached hydrogens (tertiary/aromatic N) is 3. The molecule has 37 heavy (non-hydrogen) atoms. The lowest BCUT2D eigenvalue weighted by molar-refractivity contribution is 0.114. The van der Waals surface area contributed by atoms with Crippen LogP contribution in [0.1, 0.15) is 56.2 Å². The molecule has 0 aliphatic carbocycles. The van der Waals surface area contributed by atoms with E-state index in [2.05, 4.69) is 40.4 Å². The topological polar surface area (TPSA) is 84.4 Å². The molecule has 0 saturated carbocycles. The van der Waals surface area contributed by atoms with Crippen molar-refractivity contribution < 1.29 is 13.2 Å². The van der Waals surface area contributed by atoms with E-state index in [0.717, 1.165) is 54.7 Å². The van der Waals surface area contributed by atoms with E-state index in [1.165, 1.54) is 0 Å². The molecule has 0 amide bonds. The zero-order chi connectivity index (χ0) is 26.4. The van der Waals surface area contributed by atoms with Gasteiger partial charge in [-0.2, -0.15) is 4.98 Å². The number of ether oxygens (including phenoxy) is 1. The Morgan fingerprint density at radius 3 is 2.51 bits per heavy atom. The first-order valence-electron chi connectivity index (χ1n) is 12.9. The lowest BCUT2D eigenvalue weighted by Crippen LogP contribution is -2.39. The normalized spacial score (nSPS) is 21.5. The molecule has 3 aromatic rings. The van der Waals surface area contributed by atoms with Crippen LogP contribution < -0.4 is 9.46 Å². The molecule has 1 saturated heterocycles. The smallest absolute Gasteiger partial charge is 0.264 e. The highest BCUT2D eigenvalue weighted by Gasteiger charge is 2.31. The summed E-state index contributed by atoms with van der Waals surface area (Å²) in [5.41, 5.74) is 4.88. The second kappa shape index (κ2) is 9.72. The highest BCUT2D eigenvalue weighted by atomic mass is 32.2. The van der Waals surface area contributed by atoms with Gasteiger partial charge < -0.3 is 4.74 Å². The number of benzene rings is 2. The fraction of sp³-hybridized carbons (Fsp3) is 0.448. The van der Waals surface area contributed by atoms with Gasteiger partial charge in [0.1, 0.15) is 6.10 Å². The third-order valence-corrected chi connectivity index (χ3v) is 8.42. The quantitative estimate of drug-likeness (QED) is 0.477. The van der Waals surface area contributed by atoms with E-state index in [0.29, 0.717) is 11.6 Å². The third-order valence-electron chi connectivity index (χ3n) is 7.09. The van der Waals surface area contributed by atoms with Crippen LogP contribution in [-0.4, -0.2) is 49.0 Å². The van der Waals surface area contributed by atoms with Crippen LogP contribution >= 0.6 is 0 Å². The van der Waals surface area contributed by atoms with Crippen molar-refractivity contribution in [1.29, 1.82) is 0 Å². The highest BCUT2D eigenvalue weighted by Crippen LogP contribution is 2.35. The van der Waals surface area contributed by atoms with E-state index in [9.17, 15) is 8.42 Å². The summed E-state index contributed by atoms with van der Waals surface area (Å²) in [5.74, 6) is 0.581. The fourth-order valence-electron chi connectivity index (χ4n) is 5.59. The maximum Gasteiger partial charge on any atom is 0.264 e. The largest absolute Gasteiger partial charge is 0.473 e. The average Bonchev–Trinajstić information content (AvgIpc) is 2.99. The van der Waals surface area contributed by atoms with Crippen molar-refractivity contribution in [3.8, 4) is 17.1 Å². The Hall–Kier alpha value is -2.97. The molecule has 1 fully saturated rings. The molecule has 1 aromatic heterocycles. The van der Waals surface area contributed by atoms with E-state index in [-0.39, 0.29) is 28.3 Å². The molecule has 2 aliphatic rings. The van der Waals surface area contributed by atoms with Gasteiger partial charge >= 0.3 is 0 Å². The van der Waals surface area contributed by atoms with E-state index in [1.807, 2.05) is 50.2 Å². The monoisotopic (exact) mass is 520 g/mol. The second-order valence-electron chi connectivity index (χ2n) is 11.6. The number of sulfonamides is 1. The summed E-state index contributed by atoms with van der Waals surface area (Å²) >= 11 is 0. The Kier molecular flexibility index (Phi) is 6.75. The minimum atomic E-state index is -3.88. The van der Waals surface area contributed by atoms with Gasteiger partial charge in [-0.25, -0.2) is 18.1 Å². The predicted molar refractivity (Wildman–Crippen MR) is 146 cm³/mol. The first-order chi connectivity index (χ1) is 17.5. The SMILES string of the molecule is Cc1cccc(C)c1-c1cc2nc(n1)NS(=O)(=O)c1cccc(c1)C1CCN(CC(C)(C)C)C[C@H](C1)O2. The summed E-state index contributed by atoms with van der Waals surface area (Å²) in [6.07, 6.45) is 1.63. The molecular weight excluding hydrogens is 484 g/mol. The van der Waals surface area contributed by atoms with E-state index < -0.39 is 10.0 Å². The summed E-state index contributed by atoms with van der Waals surface area (Å²) in [4.78, 5) is 11.8. The van der Waals surface area contributed by atoms with Crippen LogP contribution in [0.4, 0.5) is 5.95 Å². The van der Waals surface area contributed by atoms with Gasteiger partial charge in [-0.3, -0.25) is 4.90 Å². The third kappa shape index (κ3) is 5.80. The second-order valence-corrected chi connectivity index (χ2v) is 13.3. The first-order valence-corrected chi connectivity index (χ1v) is 14.4. The number of aromatic nitrogens is 2. The Balaban J connectivity index is 1.64. The number of hydrogen-bond acceptors (Lipinski definition) is 6. The maximum absolute atomic E-state index is 13.4. The van der Waals surface area contributed by atoms with E-state index >= 15 is 0 Å². The van der Waals surface area contributed by atoms with Gasteiger partial charge in [0.15, 0.2) is 0 Å².